The highest BCUT2D eigenvalue weighted by atomic mass is 16.5. The van der Waals surface area contributed by atoms with E-state index in [4.69, 9.17) is 4.74 Å². The van der Waals surface area contributed by atoms with Gasteiger partial charge in [0.15, 0.2) is 5.76 Å². The minimum absolute atomic E-state index is 0.186. The first-order valence-electron chi connectivity index (χ1n) is 6.51. The third kappa shape index (κ3) is 2.84. The molecule has 0 aromatic carbocycles. The van der Waals surface area contributed by atoms with E-state index >= 15 is 0 Å². The lowest BCUT2D eigenvalue weighted by Crippen LogP contribution is -2.21. The van der Waals surface area contributed by atoms with Crippen molar-refractivity contribution in [2.45, 2.75) is 6.42 Å². The van der Waals surface area contributed by atoms with E-state index in [1.165, 1.54) is 0 Å². The van der Waals surface area contributed by atoms with Gasteiger partial charge in [-0.2, -0.15) is 0 Å². The van der Waals surface area contributed by atoms with Gasteiger partial charge in [-0.05, 0) is 29.8 Å². The molecule has 0 radical (unpaired) electrons. The van der Waals surface area contributed by atoms with Gasteiger partial charge in [-0.25, -0.2) is 0 Å². The van der Waals surface area contributed by atoms with Gasteiger partial charge in [0, 0.05) is 30.6 Å². The average Bonchev–Trinajstić information content (AvgIpc) is 3.05. The van der Waals surface area contributed by atoms with Gasteiger partial charge in [0.05, 0.1) is 6.61 Å². The molecule has 106 valence electrons. The van der Waals surface area contributed by atoms with Crippen LogP contribution in [0, 0.1) is 0 Å². The number of hydrogen-bond donors (Lipinski definition) is 2. The Morgan fingerprint density at radius 1 is 1.29 bits per heavy atom. The average molecular weight is 283 g/mol. The van der Waals surface area contributed by atoms with Crippen LogP contribution in [0.1, 0.15) is 6.42 Å². The zero-order valence-corrected chi connectivity index (χ0v) is 11.1. The molecular formula is C15H13N3O3. The number of H-pyrrole nitrogens is 1. The lowest BCUT2D eigenvalue weighted by atomic mass is 10.1. The molecule has 0 atom stereocenters. The van der Waals surface area contributed by atoms with Crippen LogP contribution in [0.5, 0.6) is 0 Å². The van der Waals surface area contributed by atoms with Crippen LogP contribution in [0.4, 0.5) is 5.69 Å². The highest BCUT2D eigenvalue weighted by Crippen LogP contribution is 2.19. The van der Waals surface area contributed by atoms with Crippen molar-refractivity contribution in [3.05, 3.63) is 59.0 Å². The van der Waals surface area contributed by atoms with E-state index in [-0.39, 0.29) is 17.0 Å². The van der Waals surface area contributed by atoms with Gasteiger partial charge < -0.3 is 15.0 Å². The molecule has 21 heavy (non-hydrogen) atoms. The van der Waals surface area contributed by atoms with E-state index in [1.54, 1.807) is 30.7 Å². The molecule has 2 N–H and O–H groups in total. The SMILES string of the molecule is O=C(Nc1cc(-c2ccncc2)c[nH]c1=O)C1=CCCO1. The first-order chi connectivity index (χ1) is 10.2. The normalized spacial score (nSPS) is 13.4. The molecule has 0 aliphatic carbocycles. The Bertz CT molecular complexity index is 750. The number of aromatic nitrogens is 2. The third-order valence-electron chi connectivity index (χ3n) is 3.09. The summed E-state index contributed by atoms with van der Waals surface area (Å²) < 4.78 is 5.17. The molecule has 1 amide bonds. The van der Waals surface area contributed by atoms with E-state index in [0.29, 0.717) is 13.0 Å². The van der Waals surface area contributed by atoms with Gasteiger partial charge in [-0.3, -0.25) is 14.6 Å². The minimum atomic E-state index is -0.412. The summed E-state index contributed by atoms with van der Waals surface area (Å²) in [4.78, 5) is 30.3. The predicted octanol–water partition coefficient (Wildman–Crippen LogP) is 1.68. The van der Waals surface area contributed by atoms with Crippen molar-refractivity contribution in [3.8, 4) is 11.1 Å². The van der Waals surface area contributed by atoms with Gasteiger partial charge in [-0.15, -0.1) is 0 Å². The second kappa shape index (κ2) is 5.62. The Kier molecular flexibility index (Phi) is 3.51. The second-order valence-electron chi connectivity index (χ2n) is 4.53. The first kappa shape index (κ1) is 13.1. The fourth-order valence-electron chi connectivity index (χ4n) is 2.05. The lowest BCUT2D eigenvalue weighted by Gasteiger charge is -2.07. The highest BCUT2D eigenvalue weighted by molar-refractivity contribution is 6.02. The first-order valence-corrected chi connectivity index (χ1v) is 6.51. The maximum atomic E-state index is 11.9. The minimum Gasteiger partial charge on any atom is -0.488 e. The number of pyridine rings is 2. The molecule has 2 aromatic heterocycles. The monoisotopic (exact) mass is 283 g/mol. The van der Waals surface area contributed by atoms with Crippen LogP contribution in [0.25, 0.3) is 11.1 Å². The summed E-state index contributed by atoms with van der Waals surface area (Å²) in [5.41, 5.74) is 1.51. The lowest BCUT2D eigenvalue weighted by molar-refractivity contribution is -0.115. The molecule has 6 heteroatoms. The molecule has 1 aliphatic heterocycles. The number of carbonyl (C=O) groups excluding carboxylic acids is 1. The van der Waals surface area contributed by atoms with E-state index < -0.39 is 5.91 Å². The number of rotatable bonds is 3. The predicted molar refractivity (Wildman–Crippen MR) is 77.6 cm³/mol. The standard InChI is InChI=1S/C15H13N3O3/c19-14-12(18-15(20)13-2-1-7-21-13)8-11(9-17-14)10-3-5-16-6-4-10/h2-6,8-9H,1,7H2,(H,17,19)(H,18,20). The zero-order chi connectivity index (χ0) is 14.7. The largest absolute Gasteiger partial charge is 0.488 e. The number of amides is 1. The molecule has 0 fully saturated rings. The Hall–Kier alpha value is -2.89. The fraction of sp³-hybridized carbons (Fsp3) is 0.133. The molecule has 0 saturated carbocycles. The smallest absolute Gasteiger partial charge is 0.290 e. The van der Waals surface area contributed by atoms with Gasteiger partial charge in [0.25, 0.3) is 11.5 Å². The number of hydrogen-bond acceptors (Lipinski definition) is 4. The summed E-state index contributed by atoms with van der Waals surface area (Å²) in [6.07, 6.45) is 7.33. The third-order valence-corrected chi connectivity index (χ3v) is 3.09. The van der Waals surface area contributed by atoms with Crippen molar-refractivity contribution in [2.75, 3.05) is 11.9 Å². The summed E-state index contributed by atoms with van der Waals surface area (Å²) in [6.45, 7) is 0.496. The molecule has 2 aromatic rings. The van der Waals surface area contributed by atoms with Crippen LogP contribution in [-0.4, -0.2) is 22.5 Å². The van der Waals surface area contributed by atoms with Gasteiger partial charge in [0.1, 0.15) is 5.69 Å². The van der Waals surface area contributed by atoms with Crippen molar-refractivity contribution in [3.63, 3.8) is 0 Å². The maximum absolute atomic E-state index is 11.9. The molecule has 1 aliphatic rings. The number of carbonyl (C=O) groups is 1. The second-order valence-corrected chi connectivity index (χ2v) is 4.53. The quantitative estimate of drug-likeness (QED) is 0.897. The van der Waals surface area contributed by atoms with Crippen LogP contribution in [-0.2, 0) is 9.53 Å². The van der Waals surface area contributed by atoms with Crippen LogP contribution < -0.4 is 10.9 Å². The number of ether oxygens (including phenoxy) is 1. The molecule has 0 unspecified atom stereocenters. The van der Waals surface area contributed by atoms with Gasteiger partial charge >= 0.3 is 0 Å². The number of anilines is 1. The Morgan fingerprint density at radius 2 is 2.10 bits per heavy atom. The molecule has 0 bridgehead atoms. The van der Waals surface area contributed by atoms with Crippen molar-refractivity contribution in [1.29, 1.82) is 0 Å². The zero-order valence-electron chi connectivity index (χ0n) is 11.1. The molecule has 6 nitrogen and oxygen atoms in total. The Balaban J connectivity index is 1.88. The summed E-state index contributed by atoms with van der Waals surface area (Å²) in [6, 6.07) is 5.27. The van der Waals surface area contributed by atoms with Crippen molar-refractivity contribution < 1.29 is 9.53 Å². The van der Waals surface area contributed by atoms with E-state index in [9.17, 15) is 9.59 Å². The topological polar surface area (TPSA) is 84.1 Å². The molecular weight excluding hydrogens is 270 g/mol. The highest BCUT2D eigenvalue weighted by Gasteiger charge is 2.16. The fourth-order valence-corrected chi connectivity index (χ4v) is 2.05. The van der Waals surface area contributed by atoms with E-state index in [1.807, 2.05) is 12.1 Å². The number of nitrogens with one attached hydrogen (secondary N) is 2. The number of nitrogens with zero attached hydrogens (tertiary/aromatic N) is 1. The Morgan fingerprint density at radius 3 is 2.81 bits per heavy atom. The van der Waals surface area contributed by atoms with Gasteiger partial charge in [-0.1, -0.05) is 0 Å². The Labute approximate surface area is 120 Å². The molecule has 0 saturated heterocycles. The molecule has 3 heterocycles. The van der Waals surface area contributed by atoms with Crippen molar-refractivity contribution in [2.24, 2.45) is 0 Å². The summed E-state index contributed by atoms with van der Waals surface area (Å²) in [5, 5.41) is 2.57. The van der Waals surface area contributed by atoms with Crippen LogP contribution >= 0.6 is 0 Å². The van der Waals surface area contributed by atoms with Crippen LogP contribution in [0.3, 0.4) is 0 Å². The summed E-state index contributed by atoms with van der Waals surface area (Å²) in [5.74, 6) is -0.159. The molecule has 0 spiro atoms. The summed E-state index contributed by atoms with van der Waals surface area (Å²) >= 11 is 0. The van der Waals surface area contributed by atoms with Crippen molar-refractivity contribution >= 4 is 11.6 Å². The number of aromatic amines is 1. The molecule has 3 rings (SSSR count). The van der Waals surface area contributed by atoms with Crippen molar-refractivity contribution in [1.82, 2.24) is 9.97 Å². The van der Waals surface area contributed by atoms with Gasteiger partial charge in [0.2, 0.25) is 0 Å². The summed E-state index contributed by atoms with van der Waals surface area (Å²) in [7, 11) is 0. The van der Waals surface area contributed by atoms with Crippen LogP contribution in [0.15, 0.2) is 53.4 Å². The van der Waals surface area contributed by atoms with E-state index in [0.717, 1.165) is 11.1 Å². The van der Waals surface area contributed by atoms with Crippen LogP contribution in [0.2, 0.25) is 0 Å². The maximum Gasteiger partial charge on any atom is 0.290 e. The van der Waals surface area contributed by atoms with E-state index in [2.05, 4.69) is 15.3 Å².